The van der Waals surface area contributed by atoms with Gasteiger partial charge >= 0.3 is 18.3 Å². The van der Waals surface area contributed by atoms with Crippen molar-refractivity contribution in [2.45, 2.75) is 44.0 Å². The van der Waals surface area contributed by atoms with E-state index in [1.165, 1.54) is 17.0 Å². The molecule has 222 valence electrons. The Labute approximate surface area is 245 Å². The first-order valence-corrected chi connectivity index (χ1v) is 13.4. The number of alkyl halides is 3. The second-order valence-corrected chi connectivity index (χ2v) is 9.72. The predicted molar refractivity (Wildman–Crippen MR) is 152 cm³/mol. The number of nitrogens with one attached hydrogen (secondary N) is 2. The van der Waals surface area contributed by atoms with E-state index in [0.29, 0.717) is 25.8 Å². The molecule has 2 aromatic carbocycles. The zero-order valence-electron chi connectivity index (χ0n) is 22.9. The van der Waals surface area contributed by atoms with E-state index in [1.54, 1.807) is 10.8 Å². The lowest BCUT2D eigenvalue weighted by atomic mass is 10.0. The molecule has 2 N–H and O–H groups in total. The van der Waals surface area contributed by atoms with Gasteiger partial charge in [-0.2, -0.15) is 23.2 Å². The number of fused-ring (bicyclic) bond motifs is 1. The number of likely N-dealkylation sites (tertiary alicyclic amines) is 1. The minimum atomic E-state index is -4.60. The Hall–Kier alpha value is -5.17. The summed E-state index contributed by atoms with van der Waals surface area (Å²) < 4.78 is 45.2. The van der Waals surface area contributed by atoms with E-state index in [1.807, 2.05) is 24.3 Å². The lowest BCUT2D eigenvalue weighted by Gasteiger charge is -2.37. The van der Waals surface area contributed by atoms with Crippen molar-refractivity contribution in [1.82, 2.24) is 9.80 Å². The largest absolute Gasteiger partial charge is 0.435 e. The maximum atomic E-state index is 13.2. The minimum absolute atomic E-state index is 0.114. The molecule has 0 saturated carbocycles. The SMILES string of the molecule is N=C=C=NC=C=C=NC(=O)[C@@H](Cc1cccc(C(F)(F)F)c1)OC(=O)N1CCC(N2CCc3ccccc3NC2=O)CC1. The van der Waals surface area contributed by atoms with Crippen LogP contribution >= 0.6 is 0 Å². The summed E-state index contributed by atoms with van der Waals surface area (Å²) in [6, 6.07) is 11.6. The molecule has 43 heavy (non-hydrogen) atoms. The van der Waals surface area contributed by atoms with Crippen molar-refractivity contribution in [3.63, 3.8) is 0 Å². The van der Waals surface area contributed by atoms with Crippen LogP contribution in [0.2, 0.25) is 0 Å². The zero-order chi connectivity index (χ0) is 30.8. The van der Waals surface area contributed by atoms with Crippen molar-refractivity contribution in [2.75, 3.05) is 25.0 Å². The second kappa shape index (κ2) is 14.1. The number of carbonyl (C=O) groups is 3. The number of amides is 4. The monoisotopic (exact) mass is 592 g/mol. The van der Waals surface area contributed by atoms with Gasteiger partial charge in [0.1, 0.15) is 0 Å². The van der Waals surface area contributed by atoms with Crippen LogP contribution in [0, 0.1) is 5.41 Å². The van der Waals surface area contributed by atoms with E-state index in [9.17, 15) is 27.6 Å². The molecule has 2 aliphatic rings. The fourth-order valence-corrected chi connectivity index (χ4v) is 4.85. The van der Waals surface area contributed by atoms with Crippen molar-refractivity contribution in [2.24, 2.45) is 9.98 Å². The Morgan fingerprint density at radius 2 is 1.88 bits per heavy atom. The summed E-state index contributed by atoms with van der Waals surface area (Å²) in [6.07, 6.45) is -4.67. The number of anilines is 1. The fourth-order valence-electron chi connectivity index (χ4n) is 4.85. The third-order valence-corrected chi connectivity index (χ3v) is 6.98. The fraction of sp³-hybridized carbons (Fsp3) is 0.333. The molecule has 4 amide bonds. The summed E-state index contributed by atoms with van der Waals surface area (Å²) in [4.78, 5) is 48.9. The van der Waals surface area contributed by atoms with Crippen LogP contribution < -0.4 is 5.32 Å². The molecule has 2 aliphatic heterocycles. The van der Waals surface area contributed by atoms with Crippen LogP contribution in [0.5, 0.6) is 0 Å². The Morgan fingerprint density at radius 1 is 1.12 bits per heavy atom. The number of hydrogen-bond acceptors (Lipinski definition) is 6. The standard InChI is InChI=1S/C30H27F3N6O4/c31-30(32,33)23-7-3-5-21(19-23)20-26(27(40)36-14-4-13-35-15-12-34)43-29(42)38-16-10-24(11-17-38)39-18-9-22-6-1-2-8-25(22)37-28(39)41/h1-3,5-8,13,19,24,26,34H,9-11,16-18,20H2,(H,37,41)/t26-/m1/s1. The van der Waals surface area contributed by atoms with E-state index in [-0.39, 0.29) is 37.1 Å². The van der Waals surface area contributed by atoms with Crippen molar-refractivity contribution >= 4 is 41.3 Å². The molecule has 13 heteroatoms. The van der Waals surface area contributed by atoms with E-state index in [2.05, 4.69) is 32.8 Å². The summed E-state index contributed by atoms with van der Waals surface area (Å²) in [5.74, 6) is 5.07. The maximum Gasteiger partial charge on any atom is 0.416 e. The first-order chi connectivity index (χ1) is 20.7. The predicted octanol–water partition coefficient (Wildman–Crippen LogP) is 4.65. The molecule has 4 rings (SSSR count). The number of urea groups is 1. The van der Waals surface area contributed by atoms with Crippen LogP contribution in [0.3, 0.4) is 0 Å². The zero-order valence-corrected chi connectivity index (χ0v) is 22.9. The van der Waals surface area contributed by atoms with Crippen molar-refractivity contribution in [3.05, 3.63) is 77.2 Å². The number of hydrogen-bond donors (Lipinski definition) is 2. The first kappa shape index (κ1) is 30.8. The number of rotatable bonds is 6. The van der Waals surface area contributed by atoms with Crippen molar-refractivity contribution < 1.29 is 32.3 Å². The number of nitrogens with zero attached hydrogens (tertiary/aromatic N) is 4. The highest BCUT2D eigenvalue weighted by Gasteiger charge is 2.34. The number of ether oxygens (including phenoxy) is 1. The normalized spacial score (nSPS) is 15.7. The lowest BCUT2D eigenvalue weighted by Crippen LogP contribution is -2.50. The van der Waals surface area contributed by atoms with Crippen LogP contribution in [0.1, 0.15) is 29.5 Å². The van der Waals surface area contributed by atoms with E-state index in [4.69, 9.17) is 10.1 Å². The van der Waals surface area contributed by atoms with Gasteiger partial charge in [0.15, 0.2) is 6.10 Å². The summed E-state index contributed by atoms with van der Waals surface area (Å²) in [5.41, 5.74) is 3.33. The average molecular weight is 593 g/mol. The van der Waals surface area contributed by atoms with E-state index in [0.717, 1.165) is 29.6 Å². The van der Waals surface area contributed by atoms with Crippen molar-refractivity contribution in [3.8, 4) is 0 Å². The summed E-state index contributed by atoms with van der Waals surface area (Å²) >= 11 is 0. The highest BCUT2D eigenvalue weighted by molar-refractivity contribution is 5.91. The molecule has 2 aromatic rings. The maximum absolute atomic E-state index is 13.2. The van der Waals surface area contributed by atoms with Gasteiger partial charge in [-0.05, 0) is 48.3 Å². The number of halogens is 3. The third kappa shape index (κ3) is 8.42. The van der Waals surface area contributed by atoms with E-state index < -0.39 is 29.8 Å². The average Bonchev–Trinajstić information content (AvgIpc) is 3.16. The number of benzene rings is 2. The number of carbonyl (C=O) groups excluding carboxylic acids is 3. The summed E-state index contributed by atoms with van der Waals surface area (Å²) in [6.45, 7) is 1.01. The summed E-state index contributed by atoms with van der Waals surface area (Å²) in [7, 11) is 0. The van der Waals surface area contributed by atoms with Gasteiger partial charge in [-0.1, -0.05) is 36.4 Å². The highest BCUT2D eigenvalue weighted by Crippen LogP contribution is 2.30. The van der Waals surface area contributed by atoms with E-state index >= 15 is 0 Å². The van der Waals surface area contributed by atoms with Crippen LogP contribution in [-0.2, 0) is 28.5 Å². The molecule has 1 saturated heterocycles. The van der Waals surface area contributed by atoms with Crippen LogP contribution in [-0.4, -0.2) is 77.2 Å². The Balaban J connectivity index is 1.43. The first-order valence-electron chi connectivity index (χ1n) is 13.4. The topological polar surface area (TPSA) is 128 Å². The smallest absolute Gasteiger partial charge is 0.416 e. The van der Waals surface area contributed by atoms with Gasteiger partial charge in [-0.25, -0.2) is 15.0 Å². The molecule has 10 nitrogen and oxygen atoms in total. The molecule has 1 fully saturated rings. The van der Waals surface area contributed by atoms with Crippen LogP contribution in [0.15, 0.2) is 70.4 Å². The van der Waals surface area contributed by atoms with Crippen LogP contribution in [0.4, 0.5) is 28.4 Å². The van der Waals surface area contributed by atoms with Crippen molar-refractivity contribution in [1.29, 1.82) is 5.41 Å². The molecular weight excluding hydrogens is 565 g/mol. The quantitative estimate of drug-likeness (QED) is 0.374. The number of aliphatic imine (C=N–C) groups is 2. The third-order valence-electron chi connectivity index (χ3n) is 6.98. The second-order valence-electron chi connectivity index (χ2n) is 9.72. The number of piperidine rings is 1. The van der Waals surface area contributed by atoms with Crippen LogP contribution in [0.25, 0.3) is 0 Å². The van der Waals surface area contributed by atoms with Gasteiger partial charge in [0.05, 0.1) is 23.5 Å². The molecule has 0 radical (unpaired) electrons. The van der Waals surface area contributed by atoms with Gasteiger partial charge < -0.3 is 19.9 Å². The lowest BCUT2D eigenvalue weighted by molar-refractivity contribution is -0.137. The molecule has 1 atom stereocenters. The Morgan fingerprint density at radius 3 is 2.63 bits per heavy atom. The molecule has 2 heterocycles. The molecule has 0 aromatic heterocycles. The van der Waals surface area contributed by atoms with Gasteiger partial charge in [0.2, 0.25) is 0 Å². The van der Waals surface area contributed by atoms with Gasteiger partial charge in [0, 0.05) is 43.7 Å². The number of para-hydroxylation sites is 1. The van der Waals surface area contributed by atoms with Gasteiger partial charge in [0.25, 0.3) is 5.91 Å². The minimum Gasteiger partial charge on any atom is -0.435 e. The molecule has 0 unspecified atom stereocenters. The molecular formula is C30H27F3N6O4. The Bertz CT molecular complexity index is 1560. The highest BCUT2D eigenvalue weighted by atomic mass is 19.4. The molecule has 0 aliphatic carbocycles. The Kier molecular flexibility index (Phi) is 10.1. The van der Waals surface area contributed by atoms with Gasteiger partial charge in [-0.15, -0.1) is 0 Å². The van der Waals surface area contributed by atoms with Gasteiger partial charge in [-0.3, -0.25) is 4.79 Å². The summed E-state index contributed by atoms with van der Waals surface area (Å²) in [5, 5.41) is 9.62. The molecule has 0 bridgehead atoms. The molecule has 0 spiro atoms.